The summed E-state index contributed by atoms with van der Waals surface area (Å²) in [6, 6.07) is 8.23. The third-order valence-corrected chi connectivity index (χ3v) is 7.14. The molecule has 4 aliphatic carbocycles. The topological polar surface area (TPSA) is 18.5 Å². The zero-order valence-corrected chi connectivity index (χ0v) is 11.6. The maximum Gasteiger partial charge on any atom is 0.254 e. The van der Waals surface area contributed by atoms with Gasteiger partial charge in [-0.05, 0) is 67.4 Å². The van der Waals surface area contributed by atoms with Gasteiger partial charge in [-0.25, -0.2) is 0 Å². The van der Waals surface area contributed by atoms with E-state index in [0.29, 0.717) is 5.92 Å². The summed E-state index contributed by atoms with van der Waals surface area (Å²) in [4.78, 5) is 0. The van der Waals surface area contributed by atoms with Gasteiger partial charge in [-0.3, -0.25) is 0 Å². The van der Waals surface area contributed by atoms with Gasteiger partial charge in [0.1, 0.15) is 0 Å². The fourth-order valence-corrected chi connectivity index (χ4v) is 6.77. The molecule has 6 rings (SSSR count). The molecule has 1 aromatic carbocycles. The van der Waals surface area contributed by atoms with Crippen LogP contribution in [0.1, 0.15) is 32.1 Å². The molecule has 4 fully saturated rings. The number of para-hydroxylation sites is 2. The predicted octanol–water partition coefficient (Wildman–Crippen LogP) is 3.86. The van der Waals surface area contributed by atoms with E-state index < -0.39 is 0 Å². The Morgan fingerprint density at radius 2 is 1.55 bits per heavy atom. The maximum atomic E-state index is 6.38. The lowest BCUT2D eigenvalue weighted by molar-refractivity contribution is -0.152. The first-order valence-electron chi connectivity index (χ1n) is 8.31. The molecule has 20 heavy (non-hydrogen) atoms. The quantitative estimate of drug-likeness (QED) is 0.665. The molecule has 1 aliphatic heterocycles. The van der Waals surface area contributed by atoms with Crippen molar-refractivity contribution >= 4 is 0 Å². The van der Waals surface area contributed by atoms with Crippen LogP contribution in [0.3, 0.4) is 0 Å². The molecule has 1 heterocycles. The number of fused-ring (bicyclic) bond motifs is 11. The van der Waals surface area contributed by atoms with E-state index in [1.54, 1.807) is 0 Å². The van der Waals surface area contributed by atoms with E-state index >= 15 is 0 Å². The number of hydrogen-bond acceptors (Lipinski definition) is 2. The lowest BCUT2D eigenvalue weighted by atomic mass is 9.69. The Morgan fingerprint density at radius 3 is 2.30 bits per heavy atom. The van der Waals surface area contributed by atoms with Gasteiger partial charge in [0, 0.05) is 12.3 Å². The Balaban J connectivity index is 1.41. The Kier molecular flexibility index (Phi) is 1.67. The molecule has 4 bridgehead atoms. The first-order valence-corrected chi connectivity index (χ1v) is 8.31. The van der Waals surface area contributed by atoms with Crippen molar-refractivity contribution in [2.45, 2.75) is 37.9 Å². The molecule has 0 N–H and O–H groups in total. The minimum atomic E-state index is -0.292. The van der Waals surface area contributed by atoms with E-state index in [4.69, 9.17) is 9.47 Å². The third kappa shape index (κ3) is 1.03. The molecule has 0 aromatic heterocycles. The highest BCUT2D eigenvalue weighted by Gasteiger charge is 2.70. The van der Waals surface area contributed by atoms with Gasteiger partial charge in [-0.1, -0.05) is 12.1 Å². The summed E-state index contributed by atoms with van der Waals surface area (Å²) in [6.45, 7) is 0. The van der Waals surface area contributed by atoms with Crippen LogP contribution >= 0.6 is 0 Å². The lowest BCUT2D eigenvalue weighted by Gasteiger charge is -2.42. The summed E-state index contributed by atoms with van der Waals surface area (Å²) in [5.41, 5.74) is 0. The molecule has 1 spiro atoms. The second-order valence-electron chi connectivity index (χ2n) is 7.76. The van der Waals surface area contributed by atoms with Gasteiger partial charge in [-0.15, -0.1) is 0 Å². The van der Waals surface area contributed by atoms with Crippen molar-refractivity contribution in [1.29, 1.82) is 0 Å². The van der Waals surface area contributed by atoms with Crippen molar-refractivity contribution in [2.75, 3.05) is 0 Å². The summed E-state index contributed by atoms with van der Waals surface area (Å²) >= 11 is 0. The molecule has 4 saturated carbocycles. The fourth-order valence-electron chi connectivity index (χ4n) is 6.77. The molecule has 0 saturated heterocycles. The molecule has 1 aromatic rings. The van der Waals surface area contributed by atoms with Gasteiger partial charge in [-0.2, -0.15) is 0 Å². The van der Waals surface area contributed by atoms with E-state index in [1.807, 2.05) is 0 Å². The monoisotopic (exact) mass is 268 g/mol. The summed E-state index contributed by atoms with van der Waals surface area (Å²) < 4.78 is 12.8. The fraction of sp³-hybridized carbons (Fsp3) is 0.667. The SMILES string of the molecule is c1ccc2c(c1)OC1(CC3CC1C1C4CCC(C4)C31)O2. The van der Waals surface area contributed by atoms with Crippen molar-refractivity contribution in [3.05, 3.63) is 24.3 Å². The van der Waals surface area contributed by atoms with Crippen LogP contribution < -0.4 is 9.47 Å². The van der Waals surface area contributed by atoms with Gasteiger partial charge in [0.15, 0.2) is 11.5 Å². The average molecular weight is 268 g/mol. The lowest BCUT2D eigenvalue weighted by Crippen LogP contribution is -2.50. The van der Waals surface area contributed by atoms with E-state index in [1.165, 1.54) is 25.7 Å². The van der Waals surface area contributed by atoms with Crippen LogP contribution in [0.2, 0.25) is 0 Å². The van der Waals surface area contributed by atoms with E-state index in [2.05, 4.69) is 24.3 Å². The first-order chi connectivity index (χ1) is 9.84. The van der Waals surface area contributed by atoms with Crippen LogP contribution in [0, 0.1) is 35.5 Å². The normalized spacial score (nSPS) is 48.2. The van der Waals surface area contributed by atoms with Crippen LogP contribution in [0.4, 0.5) is 0 Å². The van der Waals surface area contributed by atoms with Crippen molar-refractivity contribution < 1.29 is 9.47 Å². The molecule has 2 heteroatoms. The molecule has 0 amide bonds. The Bertz CT molecular complexity index is 570. The van der Waals surface area contributed by atoms with Crippen LogP contribution in [-0.2, 0) is 0 Å². The van der Waals surface area contributed by atoms with Gasteiger partial charge < -0.3 is 9.47 Å². The smallest absolute Gasteiger partial charge is 0.254 e. The number of ether oxygens (including phenoxy) is 2. The standard InChI is InChI=1S/C18H20O2/c1-2-4-15-14(3-1)19-18(20-15)9-12-8-13(18)17-11-6-5-10(7-11)16(12)17/h1-4,10-13,16-17H,5-9H2. The van der Waals surface area contributed by atoms with Crippen LogP contribution in [0.25, 0.3) is 0 Å². The molecule has 2 nitrogen and oxygen atoms in total. The number of hydrogen-bond donors (Lipinski definition) is 0. The number of benzene rings is 1. The van der Waals surface area contributed by atoms with Crippen LogP contribution in [0.5, 0.6) is 11.5 Å². The Labute approximate surface area is 119 Å². The van der Waals surface area contributed by atoms with Gasteiger partial charge in [0.2, 0.25) is 0 Å². The Hall–Kier alpha value is -1.18. The summed E-state index contributed by atoms with van der Waals surface area (Å²) in [5, 5.41) is 0. The zero-order valence-electron chi connectivity index (χ0n) is 11.6. The van der Waals surface area contributed by atoms with Crippen molar-refractivity contribution in [3.8, 4) is 11.5 Å². The van der Waals surface area contributed by atoms with E-state index in [9.17, 15) is 0 Å². The largest absolute Gasteiger partial charge is 0.448 e. The molecule has 0 radical (unpaired) electrons. The maximum absolute atomic E-state index is 6.38. The second-order valence-corrected chi connectivity index (χ2v) is 7.76. The zero-order chi connectivity index (χ0) is 12.9. The summed E-state index contributed by atoms with van der Waals surface area (Å²) in [7, 11) is 0. The van der Waals surface area contributed by atoms with E-state index in [0.717, 1.165) is 47.5 Å². The average Bonchev–Trinajstić information content (AvgIpc) is 3.22. The molecular formula is C18H20O2. The molecular weight excluding hydrogens is 248 g/mol. The highest BCUT2D eigenvalue weighted by molar-refractivity contribution is 5.43. The molecule has 5 aliphatic rings. The van der Waals surface area contributed by atoms with Crippen molar-refractivity contribution in [3.63, 3.8) is 0 Å². The minimum absolute atomic E-state index is 0.292. The van der Waals surface area contributed by atoms with Crippen LogP contribution in [0.15, 0.2) is 24.3 Å². The molecule has 6 atom stereocenters. The minimum Gasteiger partial charge on any atom is -0.448 e. The first kappa shape index (κ1) is 10.5. The van der Waals surface area contributed by atoms with Gasteiger partial charge in [0.05, 0.1) is 0 Å². The number of rotatable bonds is 0. The van der Waals surface area contributed by atoms with Gasteiger partial charge in [0.25, 0.3) is 5.79 Å². The highest BCUT2D eigenvalue weighted by Crippen LogP contribution is 2.71. The Morgan fingerprint density at radius 1 is 0.850 bits per heavy atom. The third-order valence-electron chi connectivity index (χ3n) is 7.14. The summed E-state index contributed by atoms with van der Waals surface area (Å²) in [5.74, 6) is 7.12. The molecule has 104 valence electrons. The predicted molar refractivity (Wildman–Crippen MR) is 74.5 cm³/mol. The van der Waals surface area contributed by atoms with Gasteiger partial charge >= 0.3 is 0 Å². The second kappa shape index (κ2) is 3.18. The van der Waals surface area contributed by atoms with Crippen molar-refractivity contribution in [1.82, 2.24) is 0 Å². The molecule has 6 unspecified atom stereocenters. The van der Waals surface area contributed by atoms with E-state index in [-0.39, 0.29) is 5.79 Å². The van der Waals surface area contributed by atoms with Crippen LogP contribution in [-0.4, -0.2) is 5.79 Å². The highest BCUT2D eigenvalue weighted by atomic mass is 16.7. The summed E-state index contributed by atoms with van der Waals surface area (Å²) in [6.07, 6.45) is 6.97. The van der Waals surface area contributed by atoms with Crippen molar-refractivity contribution in [2.24, 2.45) is 35.5 Å².